The Kier molecular flexibility index (Phi) is 8.40. The molecule has 36 heavy (non-hydrogen) atoms. The maximum Gasteiger partial charge on any atom is 0.274 e. The first kappa shape index (κ1) is 25.9. The Balaban J connectivity index is 1.46. The van der Waals surface area contributed by atoms with Crippen LogP contribution in [0.5, 0.6) is 0 Å². The van der Waals surface area contributed by atoms with E-state index in [1.54, 1.807) is 15.6 Å². The van der Waals surface area contributed by atoms with Gasteiger partial charge in [0, 0.05) is 70.9 Å². The minimum Gasteiger partial charge on any atom is -0.340 e. The summed E-state index contributed by atoms with van der Waals surface area (Å²) in [6, 6.07) is 11.5. The molecule has 1 atom stereocenters. The predicted octanol–water partition coefficient (Wildman–Crippen LogP) is 2.33. The first-order chi connectivity index (χ1) is 17.4. The van der Waals surface area contributed by atoms with E-state index < -0.39 is 0 Å². The van der Waals surface area contributed by atoms with Crippen LogP contribution in [0.1, 0.15) is 59.7 Å². The fourth-order valence-electron chi connectivity index (χ4n) is 4.81. The molecule has 0 N–H and O–H groups in total. The molecule has 1 saturated heterocycles. The van der Waals surface area contributed by atoms with Crippen LogP contribution in [-0.2, 0) is 17.9 Å². The lowest BCUT2D eigenvalue weighted by atomic mass is 10.1. The van der Waals surface area contributed by atoms with Gasteiger partial charge < -0.3 is 19.6 Å². The molecule has 9 heteroatoms. The molecular weight excluding hydrogens is 456 g/mol. The van der Waals surface area contributed by atoms with E-state index in [-0.39, 0.29) is 35.9 Å². The van der Waals surface area contributed by atoms with Crippen molar-refractivity contribution in [1.29, 1.82) is 0 Å². The first-order valence-corrected chi connectivity index (χ1v) is 13.1. The predicted molar refractivity (Wildman–Crippen MR) is 138 cm³/mol. The van der Waals surface area contributed by atoms with Crippen molar-refractivity contribution in [2.75, 3.05) is 46.3 Å². The summed E-state index contributed by atoms with van der Waals surface area (Å²) in [5, 5.41) is 4.54. The Morgan fingerprint density at radius 3 is 2.47 bits per heavy atom. The zero-order valence-corrected chi connectivity index (χ0v) is 21.7. The highest BCUT2D eigenvalue weighted by molar-refractivity contribution is 5.98. The molecule has 9 nitrogen and oxygen atoms in total. The number of hydrogen-bond donors (Lipinski definition) is 0. The van der Waals surface area contributed by atoms with Gasteiger partial charge in [0.1, 0.15) is 5.69 Å². The molecule has 1 unspecified atom stereocenters. The van der Waals surface area contributed by atoms with E-state index in [0.717, 1.165) is 44.6 Å². The molecule has 1 aromatic heterocycles. The summed E-state index contributed by atoms with van der Waals surface area (Å²) in [6.07, 6.45) is 1.83. The fourth-order valence-corrected chi connectivity index (χ4v) is 4.81. The van der Waals surface area contributed by atoms with Crippen molar-refractivity contribution < 1.29 is 14.4 Å². The van der Waals surface area contributed by atoms with Gasteiger partial charge in [0.05, 0.1) is 0 Å². The highest BCUT2D eigenvalue weighted by Crippen LogP contribution is 2.19. The van der Waals surface area contributed by atoms with Gasteiger partial charge in [0.25, 0.3) is 11.8 Å². The van der Waals surface area contributed by atoms with Gasteiger partial charge in [-0.2, -0.15) is 5.10 Å². The van der Waals surface area contributed by atoms with Gasteiger partial charge in [-0.1, -0.05) is 37.3 Å². The average Bonchev–Trinajstić information content (AvgIpc) is 3.26. The van der Waals surface area contributed by atoms with Crippen LogP contribution in [0.2, 0.25) is 0 Å². The molecule has 3 amide bonds. The van der Waals surface area contributed by atoms with E-state index in [1.807, 2.05) is 54.0 Å². The second-order valence-electron chi connectivity index (χ2n) is 9.89. The number of fused-ring (bicyclic) bond motifs is 1. The second kappa shape index (κ2) is 11.7. The van der Waals surface area contributed by atoms with Crippen molar-refractivity contribution >= 4 is 17.7 Å². The molecule has 0 radical (unpaired) electrons. The number of benzene rings is 1. The van der Waals surface area contributed by atoms with Crippen LogP contribution in [0.3, 0.4) is 0 Å². The van der Waals surface area contributed by atoms with E-state index in [2.05, 4.69) is 17.0 Å². The second-order valence-corrected chi connectivity index (χ2v) is 9.89. The molecule has 3 heterocycles. The van der Waals surface area contributed by atoms with Crippen LogP contribution >= 0.6 is 0 Å². The van der Waals surface area contributed by atoms with Gasteiger partial charge in [-0.15, -0.1) is 0 Å². The molecular formula is C27H38N6O3. The summed E-state index contributed by atoms with van der Waals surface area (Å²) >= 11 is 0. The summed E-state index contributed by atoms with van der Waals surface area (Å²) in [7, 11) is 2.06. The zero-order valence-electron chi connectivity index (χ0n) is 21.7. The van der Waals surface area contributed by atoms with Crippen LogP contribution < -0.4 is 0 Å². The maximum atomic E-state index is 13.6. The summed E-state index contributed by atoms with van der Waals surface area (Å²) in [5.41, 5.74) is 1.79. The summed E-state index contributed by atoms with van der Waals surface area (Å²) in [4.78, 5) is 47.4. The molecule has 1 fully saturated rings. The van der Waals surface area contributed by atoms with Gasteiger partial charge in [-0.3, -0.25) is 19.1 Å². The quantitative estimate of drug-likeness (QED) is 0.563. The Morgan fingerprint density at radius 1 is 1.06 bits per heavy atom. The van der Waals surface area contributed by atoms with Crippen LogP contribution in [0.4, 0.5) is 0 Å². The zero-order chi connectivity index (χ0) is 25.7. The Morgan fingerprint density at radius 2 is 1.78 bits per heavy atom. The fraction of sp³-hybridized carbons (Fsp3) is 0.556. The minimum absolute atomic E-state index is 0.0374. The number of rotatable bonds is 8. The van der Waals surface area contributed by atoms with Gasteiger partial charge in [-0.25, -0.2) is 0 Å². The van der Waals surface area contributed by atoms with Crippen LogP contribution in [-0.4, -0.2) is 99.5 Å². The molecule has 0 bridgehead atoms. The van der Waals surface area contributed by atoms with Crippen molar-refractivity contribution in [2.24, 2.45) is 0 Å². The van der Waals surface area contributed by atoms with Gasteiger partial charge >= 0.3 is 0 Å². The van der Waals surface area contributed by atoms with Crippen molar-refractivity contribution in [3.8, 4) is 0 Å². The summed E-state index contributed by atoms with van der Waals surface area (Å²) in [6.45, 7) is 9.32. The molecule has 0 aliphatic carbocycles. The van der Waals surface area contributed by atoms with Crippen molar-refractivity contribution in [2.45, 2.75) is 52.2 Å². The molecule has 4 rings (SSSR count). The summed E-state index contributed by atoms with van der Waals surface area (Å²) in [5.74, 6) is -0.252. The number of aryl methyl sites for hydroxylation is 1. The van der Waals surface area contributed by atoms with Crippen molar-refractivity contribution in [1.82, 2.24) is 29.4 Å². The number of aromatic nitrogens is 2. The lowest BCUT2D eigenvalue weighted by Gasteiger charge is -2.33. The van der Waals surface area contributed by atoms with E-state index in [4.69, 9.17) is 0 Å². The Bertz CT molecular complexity index is 1060. The smallest absolute Gasteiger partial charge is 0.274 e. The highest BCUT2D eigenvalue weighted by atomic mass is 16.2. The molecule has 0 saturated carbocycles. The number of carbonyl (C=O) groups is 3. The number of amides is 3. The highest BCUT2D eigenvalue weighted by Gasteiger charge is 2.30. The third kappa shape index (κ3) is 5.95. The topological polar surface area (TPSA) is 82.0 Å². The average molecular weight is 495 g/mol. The lowest BCUT2D eigenvalue weighted by Crippen LogP contribution is -2.48. The molecule has 1 aromatic carbocycles. The standard InChI is InChI=1S/C27H38N6O3/c1-4-21(2)32(14-11-25(34)30-17-15-29(3)16-18-30)26(35)23-19-24-27(36)31(12-8-13-33(24)28-23)20-22-9-6-5-7-10-22/h5-7,9-10,19,21H,4,8,11-18,20H2,1-3H3. The Hall–Kier alpha value is -3.20. The normalized spacial score (nSPS) is 17.5. The number of nitrogens with zero attached hydrogens (tertiary/aromatic N) is 6. The van der Waals surface area contributed by atoms with E-state index in [0.29, 0.717) is 31.9 Å². The van der Waals surface area contributed by atoms with Crippen molar-refractivity contribution in [3.05, 3.63) is 53.3 Å². The monoisotopic (exact) mass is 494 g/mol. The van der Waals surface area contributed by atoms with Crippen LogP contribution in [0.15, 0.2) is 36.4 Å². The number of carbonyl (C=O) groups excluding carboxylic acids is 3. The molecule has 2 aromatic rings. The van der Waals surface area contributed by atoms with Crippen molar-refractivity contribution in [3.63, 3.8) is 0 Å². The van der Waals surface area contributed by atoms with Gasteiger partial charge in [0.15, 0.2) is 5.69 Å². The number of likely N-dealkylation sites (N-methyl/N-ethyl adjacent to an activating group) is 1. The van der Waals surface area contributed by atoms with E-state index >= 15 is 0 Å². The largest absolute Gasteiger partial charge is 0.340 e. The number of hydrogen-bond acceptors (Lipinski definition) is 5. The van der Waals surface area contributed by atoms with Gasteiger partial charge in [0.2, 0.25) is 5.91 Å². The molecule has 0 spiro atoms. The lowest BCUT2D eigenvalue weighted by molar-refractivity contribution is -0.133. The van der Waals surface area contributed by atoms with E-state index in [9.17, 15) is 14.4 Å². The Labute approximate surface area is 213 Å². The molecule has 194 valence electrons. The number of piperazine rings is 1. The first-order valence-electron chi connectivity index (χ1n) is 13.1. The maximum absolute atomic E-state index is 13.6. The van der Waals surface area contributed by atoms with E-state index in [1.165, 1.54) is 0 Å². The molecule has 2 aliphatic rings. The summed E-state index contributed by atoms with van der Waals surface area (Å²) < 4.78 is 1.67. The third-order valence-corrected chi connectivity index (χ3v) is 7.33. The minimum atomic E-state index is -0.224. The van der Waals surface area contributed by atoms with Gasteiger partial charge in [-0.05, 0) is 32.4 Å². The SMILES string of the molecule is CCC(C)N(CCC(=O)N1CCN(C)CC1)C(=O)c1cc2n(n1)CCCN(Cc1ccccc1)C2=O. The van der Waals surface area contributed by atoms with Crippen LogP contribution in [0.25, 0.3) is 0 Å². The van der Waals surface area contributed by atoms with Crippen LogP contribution in [0, 0.1) is 0 Å². The molecule has 2 aliphatic heterocycles. The third-order valence-electron chi connectivity index (χ3n) is 7.33.